The molecule has 2 heterocycles. The highest BCUT2D eigenvalue weighted by molar-refractivity contribution is 8.00. The van der Waals surface area contributed by atoms with Gasteiger partial charge in [0, 0.05) is 29.9 Å². The maximum absolute atomic E-state index is 12.4. The van der Waals surface area contributed by atoms with E-state index in [1.165, 1.54) is 0 Å². The monoisotopic (exact) mass is 598 g/mol. The van der Waals surface area contributed by atoms with Crippen LogP contribution in [0.1, 0.15) is 52.9 Å². The van der Waals surface area contributed by atoms with Crippen molar-refractivity contribution in [1.29, 1.82) is 0 Å². The number of amides is 2. The third-order valence-electron chi connectivity index (χ3n) is 6.57. The number of nitrogens with one attached hydrogen (secondary N) is 2. The van der Waals surface area contributed by atoms with Crippen LogP contribution in [0, 0.1) is 0 Å². The van der Waals surface area contributed by atoms with E-state index in [0.717, 1.165) is 5.75 Å². The van der Waals surface area contributed by atoms with Gasteiger partial charge in [0.15, 0.2) is 12.5 Å². The zero-order valence-electron chi connectivity index (χ0n) is 23.2. The summed E-state index contributed by atoms with van der Waals surface area (Å²) in [6.07, 6.45) is -13.0. The van der Waals surface area contributed by atoms with Gasteiger partial charge in [-0.2, -0.15) is 11.8 Å². The van der Waals surface area contributed by atoms with Crippen molar-refractivity contribution in [2.45, 2.75) is 119 Å². The van der Waals surface area contributed by atoms with Crippen molar-refractivity contribution < 1.29 is 59.5 Å². The molecule has 0 radical (unpaired) electrons. The molecule has 234 valence electrons. The van der Waals surface area contributed by atoms with Crippen molar-refractivity contribution in [3.05, 3.63) is 0 Å². The van der Waals surface area contributed by atoms with Gasteiger partial charge in [-0.25, -0.2) is 0 Å². The van der Waals surface area contributed by atoms with Crippen LogP contribution in [0.25, 0.3) is 0 Å². The summed E-state index contributed by atoms with van der Waals surface area (Å²) in [7, 11) is 0. The van der Waals surface area contributed by atoms with E-state index in [0.29, 0.717) is 32.2 Å². The molecule has 0 aromatic heterocycles. The van der Waals surface area contributed by atoms with Crippen LogP contribution in [0.3, 0.4) is 0 Å². The molecule has 0 aromatic carbocycles. The van der Waals surface area contributed by atoms with Crippen molar-refractivity contribution in [3.63, 3.8) is 0 Å². The van der Waals surface area contributed by atoms with E-state index in [9.17, 15) is 45.3 Å². The molecule has 2 aliphatic heterocycles. The van der Waals surface area contributed by atoms with Gasteiger partial charge in [0.2, 0.25) is 11.8 Å². The van der Waals surface area contributed by atoms with Crippen LogP contribution in [-0.2, 0) is 23.8 Å². The second kappa shape index (κ2) is 16.5. The fourth-order valence-electron chi connectivity index (χ4n) is 4.29. The summed E-state index contributed by atoms with van der Waals surface area (Å²) in [4.78, 5) is 24.3. The number of carbonyl (C=O) groups excluding carboxylic acids is 2. The summed E-state index contributed by atoms with van der Waals surface area (Å²) >= 11 is 1.73. The van der Waals surface area contributed by atoms with E-state index in [2.05, 4.69) is 31.4 Å². The molecule has 0 saturated carbocycles. The first-order valence-electron chi connectivity index (χ1n) is 13.6. The van der Waals surface area contributed by atoms with Crippen molar-refractivity contribution >= 4 is 23.6 Å². The minimum absolute atomic E-state index is 0.0104. The Bertz CT molecular complexity index is 783. The van der Waals surface area contributed by atoms with E-state index in [-0.39, 0.29) is 17.1 Å². The lowest BCUT2D eigenvalue weighted by Crippen LogP contribution is -2.66. The number of carbonyl (C=O) groups is 2. The van der Waals surface area contributed by atoms with Gasteiger partial charge < -0.3 is 60.6 Å². The Morgan fingerprint density at radius 3 is 2.10 bits per heavy atom. The lowest BCUT2D eigenvalue weighted by molar-refractivity contribution is -0.343. The van der Waals surface area contributed by atoms with E-state index in [4.69, 9.17) is 14.2 Å². The first-order valence-corrected chi connectivity index (χ1v) is 14.6. The maximum atomic E-state index is 12.4. The fourth-order valence-corrected chi connectivity index (χ4v) is 5.19. The molecule has 0 spiro atoms. The van der Waals surface area contributed by atoms with Gasteiger partial charge in [0.1, 0.15) is 48.8 Å². The lowest BCUT2D eigenvalue weighted by atomic mass is 9.96. The van der Waals surface area contributed by atoms with Crippen LogP contribution in [0.4, 0.5) is 0 Å². The molecule has 10 atom stereocenters. The quantitative estimate of drug-likeness (QED) is 0.0931. The molecule has 0 aliphatic carbocycles. The first kappa shape index (κ1) is 35.1. The van der Waals surface area contributed by atoms with Crippen LogP contribution in [0.5, 0.6) is 0 Å². The zero-order valence-corrected chi connectivity index (χ0v) is 24.0. The van der Waals surface area contributed by atoms with E-state index in [1.807, 2.05) is 0 Å². The number of ether oxygens (including phenoxy) is 3. The Morgan fingerprint density at radius 1 is 0.800 bits per heavy atom. The Kier molecular flexibility index (Phi) is 14.5. The third kappa shape index (κ3) is 10.6. The minimum Gasteiger partial charge on any atom is -0.394 e. The predicted octanol–water partition coefficient (Wildman–Crippen LogP) is -2.67. The second-order valence-electron chi connectivity index (χ2n) is 11.0. The number of hydrogen-bond acceptors (Lipinski definition) is 13. The molecular formula is C25H46N2O12S. The topological polar surface area (TPSA) is 227 Å². The summed E-state index contributed by atoms with van der Waals surface area (Å²) in [6, 6.07) is 0. The van der Waals surface area contributed by atoms with Gasteiger partial charge >= 0.3 is 0 Å². The Balaban J connectivity index is 1.75. The SMILES string of the molecule is CC(C)(C)SCCC(=O)NCCCCCC(=O)N[C@@H]1O[C@H](CO)[C@@H](O[C@@H]2O[C@H](CO)[C@H](O)[C@H](O)[C@H]2O)[C@H](O)[C@H]1O. The fraction of sp³-hybridized carbons (Fsp3) is 0.920. The predicted molar refractivity (Wildman–Crippen MR) is 143 cm³/mol. The molecule has 2 fully saturated rings. The van der Waals surface area contributed by atoms with Crippen molar-refractivity contribution in [3.8, 4) is 0 Å². The maximum Gasteiger partial charge on any atom is 0.222 e. The van der Waals surface area contributed by atoms with E-state index in [1.54, 1.807) is 11.8 Å². The molecule has 9 N–H and O–H groups in total. The number of rotatable bonds is 14. The van der Waals surface area contributed by atoms with Gasteiger partial charge in [-0.1, -0.05) is 27.2 Å². The van der Waals surface area contributed by atoms with Crippen LogP contribution in [0.2, 0.25) is 0 Å². The van der Waals surface area contributed by atoms with Gasteiger partial charge in [-0.3, -0.25) is 9.59 Å². The number of aliphatic hydroxyl groups excluding tert-OH is 7. The largest absolute Gasteiger partial charge is 0.394 e. The van der Waals surface area contributed by atoms with Crippen molar-refractivity contribution in [2.75, 3.05) is 25.5 Å². The molecule has 0 bridgehead atoms. The van der Waals surface area contributed by atoms with Crippen LogP contribution in [0.15, 0.2) is 0 Å². The third-order valence-corrected chi connectivity index (χ3v) is 7.85. The molecule has 0 unspecified atom stereocenters. The normalized spacial score (nSPS) is 34.9. The molecule has 2 amide bonds. The zero-order chi connectivity index (χ0) is 30.0. The highest BCUT2D eigenvalue weighted by Crippen LogP contribution is 2.29. The molecule has 14 nitrogen and oxygen atoms in total. The molecule has 2 saturated heterocycles. The van der Waals surface area contributed by atoms with Crippen molar-refractivity contribution in [2.24, 2.45) is 0 Å². The Hall–Kier alpha value is -1.11. The van der Waals surface area contributed by atoms with Gasteiger partial charge in [0.25, 0.3) is 0 Å². The van der Waals surface area contributed by atoms with Crippen LogP contribution < -0.4 is 10.6 Å². The van der Waals surface area contributed by atoms with E-state index < -0.39 is 80.5 Å². The molecule has 2 rings (SSSR count). The number of aliphatic hydroxyl groups is 7. The summed E-state index contributed by atoms with van der Waals surface area (Å²) < 4.78 is 16.4. The molecule has 2 aliphatic rings. The van der Waals surface area contributed by atoms with E-state index >= 15 is 0 Å². The Morgan fingerprint density at radius 2 is 1.48 bits per heavy atom. The first-order chi connectivity index (χ1) is 18.8. The molecule has 0 aromatic rings. The highest BCUT2D eigenvalue weighted by atomic mass is 32.2. The van der Waals surface area contributed by atoms with Crippen molar-refractivity contribution in [1.82, 2.24) is 10.6 Å². The standard InChI is InChI=1S/C25H46N2O12S/c1-25(2,3)40-10-8-15(30)26-9-6-4-5-7-16(31)27-23-20(35)19(34)22(14(12-29)37-23)39-24-21(36)18(33)17(32)13(11-28)38-24/h13-14,17-24,28-29,32-36H,4-12H2,1-3H3,(H,26,30)(H,27,31)/t13-,14-,17+,18+,19-,20-,21-,22-,23-,24+/m1/s1. The summed E-state index contributed by atoms with van der Waals surface area (Å²) in [6.45, 7) is 5.40. The number of unbranched alkanes of at least 4 members (excludes halogenated alkanes) is 2. The molecule has 15 heteroatoms. The molecule has 40 heavy (non-hydrogen) atoms. The highest BCUT2D eigenvalue weighted by Gasteiger charge is 2.50. The average molecular weight is 599 g/mol. The molecular weight excluding hydrogens is 552 g/mol. The Labute approximate surface area is 238 Å². The summed E-state index contributed by atoms with van der Waals surface area (Å²) in [5, 5.41) is 75.7. The van der Waals surface area contributed by atoms with Crippen LogP contribution >= 0.6 is 11.8 Å². The summed E-state index contributed by atoms with van der Waals surface area (Å²) in [5.74, 6) is 0.282. The smallest absolute Gasteiger partial charge is 0.222 e. The number of hydrogen-bond donors (Lipinski definition) is 9. The minimum atomic E-state index is -1.76. The lowest BCUT2D eigenvalue weighted by Gasteiger charge is -2.46. The van der Waals surface area contributed by atoms with Crippen LogP contribution in [-0.4, -0.2) is 139 Å². The number of thioether (sulfide) groups is 1. The van der Waals surface area contributed by atoms with Gasteiger partial charge in [-0.05, 0) is 12.8 Å². The van der Waals surface area contributed by atoms with Gasteiger partial charge in [-0.15, -0.1) is 0 Å². The van der Waals surface area contributed by atoms with Gasteiger partial charge in [0.05, 0.1) is 13.2 Å². The summed E-state index contributed by atoms with van der Waals surface area (Å²) in [5.41, 5.74) is 0. The average Bonchev–Trinajstić information content (AvgIpc) is 2.89. The second-order valence-corrected chi connectivity index (χ2v) is 12.9.